The van der Waals surface area contributed by atoms with Gasteiger partial charge in [0.25, 0.3) is 0 Å². The van der Waals surface area contributed by atoms with Crippen molar-refractivity contribution in [2.24, 2.45) is 4.99 Å². The zero-order chi connectivity index (χ0) is 18.9. The lowest BCUT2D eigenvalue weighted by molar-refractivity contribution is 0.0649. The minimum atomic E-state index is -0.837. The van der Waals surface area contributed by atoms with Gasteiger partial charge in [-0.1, -0.05) is 29.8 Å². The molecule has 0 aliphatic heterocycles. The van der Waals surface area contributed by atoms with Crippen LogP contribution in [0.3, 0.4) is 0 Å². The first-order valence-electron chi connectivity index (χ1n) is 7.86. The Morgan fingerprint density at radius 1 is 1.08 bits per heavy atom. The third-order valence-corrected chi connectivity index (χ3v) is 3.86. The van der Waals surface area contributed by atoms with Gasteiger partial charge >= 0.3 is 6.16 Å². The highest BCUT2D eigenvalue weighted by Gasteiger charge is 2.19. The highest BCUT2D eigenvalue weighted by molar-refractivity contribution is 6.21. The lowest BCUT2D eigenvalue weighted by Gasteiger charge is -2.15. The van der Waals surface area contributed by atoms with Gasteiger partial charge in [-0.15, -0.1) is 0 Å². The predicted molar refractivity (Wildman–Crippen MR) is 99.8 cm³/mol. The molecule has 2 rings (SSSR count). The van der Waals surface area contributed by atoms with Gasteiger partial charge in [0, 0.05) is 6.21 Å². The van der Waals surface area contributed by atoms with Crippen molar-refractivity contribution in [1.29, 1.82) is 0 Å². The van der Waals surface area contributed by atoms with Crippen molar-refractivity contribution < 1.29 is 23.7 Å². The van der Waals surface area contributed by atoms with Crippen LogP contribution in [0.1, 0.15) is 12.5 Å². The highest BCUT2D eigenvalue weighted by atomic mass is 35.5. The van der Waals surface area contributed by atoms with Crippen molar-refractivity contribution in [2.45, 2.75) is 18.5 Å². The molecule has 0 N–H and O–H groups in total. The number of halogens is 1. The molecule has 0 amide bonds. The maximum absolute atomic E-state index is 11.8. The van der Waals surface area contributed by atoms with Gasteiger partial charge in [0.1, 0.15) is 11.9 Å². The number of methoxy groups -OCH3 is 2. The van der Waals surface area contributed by atoms with Gasteiger partial charge in [0.05, 0.1) is 14.2 Å². The molecule has 138 valence electrons. The van der Waals surface area contributed by atoms with E-state index in [9.17, 15) is 4.79 Å². The van der Waals surface area contributed by atoms with E-state index in [0.29, 0.717) is 17.2 Å². The largest absolute Gasteiger partial charge is 0.514 e. The molecule has 0 saturated heterocycles. The summed E-state index contributed by atoms with van der Waals surface area (Å²) in [7, 11) is 3.12. The maximum Gasteiger partial charge on any atom is 0.514 e. The maximum atomic E-state index is 11.8. The topological polar surface area (TPSA) is 66.4 Å². The molecular formula is C19H20ClNO5. The predicted octanol–water partition coefficient (Wildman–Crippen LogP) is 4.29. The van der Waals surface area contributed by atoms with E-state index in [1.807, 2.05) is 12.1 Å². The summed E-state index contributed by atoms with van der Waals surface area (Å²) >= 11 is 6.17. The number of carbonyl (C=O) groups is 1. The fourth-order valence-electron chi connectivity index (χ4n) is 2.03. The minimum absolute atomic E-state index is 0.393. The van der Waals surface area contributed by atoms with E-state index >= 15 is 0 Å². The van der Waals surface area contributed by atoms with E-state index < -0.39 is 17.8 Å². The normalized spacial score (nSPS) is 13.1. The Labute approximate surface area is 157 Å². The second-order valence-electron chi connectivity index (χ2n) is 5.25. The van der Waals surface area contributed by atoms with Crippen LogP contribution in [-0.2, 0) is 4.74 Å². The molecule has 7 heteroatoms. The molecule has 0 radical (unpaired) electrons. The highest BCUT2D eigenvalue weighted by Crippen LogP contribution is 2.27. The quantitative estimate of drug-likeness (QED) is 0.237. The molecule has 0 heterocycles. The zero-order valence-electron chi connectivity index (χ0n) is 14.7. The molecule has 2 aromatic carbocycles. The molecule has 26 heavy (non-hydrogen) atoms. The van der Waals surface area contributed by atoms with E-state index in [0.717, 1.165) is 5.56 Å². The van der Waals surface area contributed by atoms with Crippen LogP contribution in [0.2, 0.25) is 0 Å². The van der Waals surface area contributed by atoms with Crippen molar-refractivity contribution in [3.8, 4) is 17.2 Å². The summed E-state index contributed by atoms with van der Waals surface area (Å²) in [5.74, 6) is 1.59. The third-order valence-electron chi connectivity index (χ3n) is 3.39. The average molecular weight is 378 g/mol. The number of nitrogens with zero attached hydrogens (tertiary/aromatic N) is 1. The van der Waals surface area contributed by atoms with E-state index in [1.54, 1.807) is 63.8 Å². The smallest absolute Gasteiger partial charge is 0.493 e. The van der Waals surface area contributed by atoms with Crippen LogP contribution in [0.25, 0.3) is 0 Å². The Morgan fingerprint density at radius 3 is 2.42 bits per heavy atom. The number of hydrogen-bond donors (Lipinski definition) is 0. The molecule has 2 aromatic rings. The summed E-state index contributed by atoms with van der Waals surface area (Å²) in [6, 6.07) is 14.0. The molecule has 0 aliphatic rings. The second kappa shape index (κ2) is 9.68. The molecule has 6 nitrogen and oxygen atoms in total. The summed E-state index contributed by atoms with van der Waals surface area (Å²) < 4.78 is 20.6. The van der Waals surface area contributed by atoms with Crippen LogP contribution >= 0.6 is 11.6 Å². The van der Waals surface area contributed by atoms with Gasteiger partial charge < -0.3 is 18.9 Å². The first kappa shape index (κ1) is 19.6. The lowest BCUT2D eigenvalue weighted by Crippen LogP contribution is -2.25. The molecule has 0 bridgehead atoms. The van der Waals surface area contributed by atoms with Crippen molar-refractivity contribution in [2.75, 3.05) is 14.2 Å². The molecular weight excluding hydrogens is 358 g/mol. The van der Waals surface area contributed by atoms with E-state index in [2.05, 4.69) is 4.99 Å². The van der Waals surface area contributed by atoms with Crippen LogP contribution in [0.4, 0.5) is 4.79 Å². The molecule has 2 unspecified atom stereocenters. The first-order valence-corrected chi connectivity index (χ1v) is 8.30. The Hall–Kier alpha value is -2.73. The van der Waals surface area contributed by atoms with Crippen LogP contribution in [-0.4, -0.2) is 38.2 Å². The monoisotopic (exact) mass is 377 g/mol. The number of ether oxygens (including phenoxy) is 4. The molecule has 0 saturated carbocycles. The molecule has 0 spiro atoms. The van der Waals surface area contributed by atoms with E-state index in [1.165, 1.54) is 0 Å². The number of carbonyl (C=O) groups excluding carboxylic acids is 1. The third kappa shape index (κ3) is 5.67. The van der Waals surface area contributed by atoms with E-state index in [4.69, 9.17) is 30.5 Å². The number of benzene rings is 2. The Morgan fingerprint density at radius 2 is 1.77 bits per heavy atom. The number of hydrogen-bond acceptors (Lipinski definition) is 6. The van der Waals surface area contributed by atoms with Gasteiger partial charge in [-0.2, -0.15) is 0 Å². The molecule has 0 fully saturated rings. The summed E-state index contributed by atoms with van der Waals surface area (Å²) in [6.07, 6.45) is 0.0575. The van der Waals surface area contributed by atoms with Crippen molar-refractivity contribution >= 4 is 24.0 Å². The van der Waals surface area contributed by atoms with Crippen LogP contribution in [0, 0.1) is 0 Å². The van der Waals surface area contributed by atoms with Gasteiger partial charge in [-0.3, -0.25) is 4.99 Å². The number of alkyl halides is 1. The number of rotatable bonds is 7. The zero-order valence-corrected chi connectivity index (χ0v) is 15.5. The number of aliphatic imine (C=N–C) groups is 1. The van der Waals surface area contributed by atoms with Gasteiger partial charge in [-0.05, 0) is 42.8 Å². The Bertz CT molecular complexity index is 751. The van der Waals surface area contributed by atoms with Gasteiger partial charge in [-0.25, -0.2) is 4.79 Å². The average Bonchev–Trinajstić information content (AvgIpc) is 2.66. The van der Waals surface area contributed by atoms with E-state index in [-0.39, 0.29) is 0 Å². The van der Waals surface area contributed by atoms with Crippen molar-refractivity contribution in [1.82, 2.24) is 0 Å². The minimum Gasteiger partial charge on any atom is -0.493 e. The van der Waals surface area contributed by atoms with Gasteiger partial charge in [0.15, 0.2) is 17.0 Å². The standard InChI is InChI=1S/C19H20ClNO5/c1-13(25-19(22)26-15-7-5-4-6-8-15)18(20)21-12-14-9-10-16(23-2)17(11-14)24-3/h4-13,18H,1-3H3. The fourth-order valence-corrected chi connectivity index (χ4v) is 2.14. The fraction of sp³-hybridized carbons (Fsp3) is 0.263. The second-order valence-corrected chi connectivity index (χ2v) is 5.70. The van der Waals surface area contributed by atoms with Crippen LogP contribution < -0.4 is 14.2 Å². The summed E-state index contributed by atoms with van der Waals surface area (Å²) in [4.78, 5) is 16.0. The number of para-hydroxylation sites is 1. The summed E-state index contributed by atoms with van der Waals surface area (Å²) in [5.41, 5.74) is -0.00113. The Balaban J connectivity index is 1.92. The molecule has 0 aliphatic carbocycles. The van der Waals surface area contributed by atoms with Crippen LogP contribution in [0.15, 0.2) is 53.5 Å². The van der Waals surface area contributed by atoms with Gasteiger partial charge in [0.2, 0.25) is 0 Å². The lowest BCUT2D eigenvalue weighted by atomic mass is 10.2. The van der Waals surface area contributed by atoms with Crippen molar-refractivity contribution in [3.05, 3.63) is 54.1 Å². The molecule has 2 atom stereocenters. The first-order chi connectivity index (χ1) is 12.5. The summed E-state index contributed by atoms with van der Waals surface area (Å²) in [6.45, 7) is 1.63. The molecule has 0 aromatic heterocycles. The SMILES string of the molecule is COc1ccc(C=NC(Cl)C(C)OC(=O)Oc2ccccc2)cc1OC. The summed E-state index contributed by atoms with van der Waals surface area (Å²) in [5, 5.41) is 0. The Kier molecular flexibility index (Phi) is 7.29. The van der Waals surface area contributed by atoms with Crippen LogP contribution in [0.5, 0.6) is 17.2 Å². The van der Waals surface area contributed by atoms with Crippen molar-refractivity contribution in [3.63, 3.8) is 0 Å².